The molecule has 6 nitrogen and oxygen atoms in total. The van der Waals surface area contributed by atoms with Crippen molar-refractivity contribution in [3.8, 4) is 5.75 Å². The third-order valence-corrected chi connectivity index (χ3v) is 5.74. The number of methoxy groups -OCH3 is 1. The van der Waals surface area contributed by atoms with Crippen LogP contribution in [0.2, 0.25) is 0 Å². The SMILES string of the molecule is C=CCn1c(N2CCC(C(=O)NCc3ccccc3OC)CC2)nc2ccccc21. The van der Waals surface area contributed by atoms with Gasteiger partial charge in [-0.1, -0.05) is 36.4 Å². The molecule has 3 aromatic rings. The maximum absolute atomic E-state index is 12.7. The predicted molar refractivity (Wildman–Crippen MR) is 120 cm³/mol. The highest BCUT2D eigenvalue weighted by atomic mass is 16.5. The maximum atomic E-state index is 12.7. The molecule has 0 atom stereocenters. The molecule has 1 amide bonds. The molecule has 1 aliphatic heterocycles. The van der Waals surface area contributed by atoms with E-state index in [-0.39, 0.29) is 11.8 Å². The minimum atomic E-state index is 0.0215. The van der Waals surface area contributed by atoms with Gasteiger partial charge in [-0.05, 0) is 31.0 Å². The van der Waals surface area contributed by atoms with Crippen molar-refractivity contribution in [1.82, 2.24) is 14.9 Å². The molecular formula is C24H28N4O2. The van der Waals surface area contributed by atoms with Crippen LogP contribution in [-0.2, 0) is 17.9 Å². The third-order valence-electron chi connectivity index (χ3n) is 5.74. The van der Waals surface area contributed by atoms with Crippen molar-refractivity contribution in [1.29, 1.82) is 0 Å². The van der Waals surface area contributed by atoms with Crippen molar-refractivity contribution in [2.75, 3.05) is 25.1 Å². The monoisotopic (exact) mass is 404 g/mol. The van der Waals surface area contributed by atoms with Crippen LogP contribution in [-0.4, -0.2) is 35.7 Å². The lowest BCUT2D eigenvalue weighted by atomic mass is 9.96. The van der Waals surface area contributed by atoms with Crippen molar-refractivity contribution >= 4 is 22.9 Å². The molecule has 1 aromatic heterocycles. The second-order valence-corrected chi connectivity index (χ2v) is 7.59. The number of piperidine rings is 1. The molecule has 0 saturated carbocycles. The van der Waals surface area contributed by atoms with E-state index in [1.54, 1.807) is 7.11 Å². The summed E-state index contributed by atoms with van der Waals surface area (Å²) in [4.78, 5) is 19.9. The molecule has 0 radical (unpaired) electrons. The Kier molecular flexibility index (Phi) is 6.02. The largest absolute Gasteiger partial charge is 0.496 e. The molecule has 1 aliphatic rings. The van der Waals surface area contributed by atoms with Crippen molar-refractivity contribution < 1.29 is 9.53 Å². The van der Waals surface area contributed by atoms with Gasteiger partial charge in [0.2, 0.25) is 11.9 Å². The fraction of sp³-hybridized carbons (Fsp3) is 0.333. The van der Waals surface area contributed by atoms with Crippen LogP contribution >= 0.6 is 0 Å². The number of hydrogen-bond acceptors (Lipinski definition) is 4. The number of carbonyl (C=O) groups is 1. The Morgan fingerprint density at radius 3 is 2.70 bits per heavy atom. The number of rotatable bonds is 7. The summed E-state index contributed by atoms with van der Waals surface area (Å²) in [6, 6.07) is 15.9. The highest BCUT2D eigenvalue weighted by Gasteiger charge is 2.27. The van der Waals surface area contributed by atoms with Gasteiger partial charge in [-0.25, -0.2) is 4.98 Å². The van der Waals surface area contributed by atoms with Gasteiger partial charge < -0.3 is 19.5 Å². The number of ether oxygens (including phenoxy) is 1. The van der Waals surface area contributed by atoms with Crippen LogP contribution < -0.4 is 15.0 Å². The van der Waals surface area contributed by atoms with E-state index in [4.69, 9.17) is 9.72 Å². The van der Waals surface area contributed by atoms with E-state index in [0.717, 1.165) is 60.8 Å². The molecule has 4 rings (SSSR count). The topological polar surface area (TPSA) is 59.4 Å². The molecule has 6 heteroatoms. The van der Waals surface area contributed by atoms with Crippen molar-refractivity contribution in [3.63, 3.8) is 0 Å². The van der Waals surface area contributed by atoms with Crippen LogP contribution in [0.5, 0.6) is 5.75 Å². The lowest BCUT2D eigenvalue weighted by Crippen LogP contribution is -2.41. The molecule has 1 fully saturated rings. The van der Waals surface area contributed by atoms with Crippen LogP contribution in [0.3, 0.4) is 0 Å². The molecule has 156 valence electrons. The summed E-state index contributed by atoms with van der Waals surface area (Å²) >= 11 is 0. The molecule has 2 aromatic carbocycles. The lowest BCUT2D eigenvalue weighted by molar-refractivity contribution is -0.125. The average molecular weight is 405 g/mol. The van der Waals surface area contributed by atoms with Crippen LogP contribution in [0.4, 0.5) is 5.95 Å². The van der Waals surface area contributed by atoms with Gasteiger partial charge in [0.1, 0.15) is 5.75 Å². The predicted octanol–water partition coefficient (Wildman–Crippen LogP) is 3.76. The van der Waals surface area contributed by atoms with Crippen molar-refractivity contribution in [3.05, 3.63) is 66.7 Å². The molecule has 0 aliphatic carbocycles. The number of carbonyl (C=O) groups excluding carboxylic acids is 1. The highest BCUT2D eigenvalue weighted by molar-refractivity contribution is 5.80. The Hall–Kier alpha value is -3.28. The number of amides is 1. The number of aromatic nitrogens is 2. The number of anilines is 1. The second-order valence-electron chi connectivity index (χ2n) is 7.59. The fourth-order valence-corrected chi connectivity index (χ4v) is 4.13. The van der Waals surface area contributed by atoms with E-state index in [1.165, 1.54) is 0 Å². The number of nitrogens with zero attached hydrogens (tertiary/aromatic N) is 3. The number of hydrogen-bond donors (Lipinski definition) is 1. The van der Waals surface area contributed by atoms with Gasteiger partial charge in [0.15, 0.2) is 0 Å². The summed E-state index contributed by atoms with van der Waals surface area (Å²) in [6.45, 7) is 6.72. The zero-order valence-corrected chi connectivity index (χ0v) is 17.4. The second kappa shape index (κ2) is 9.03. The van der Waals surface area contributed by atoms with E-state index in [2.05, 4.69) is 27.4 Å². The Bertz CT molecular complexity index is 1030. The number of allylic oxidation sites excluding steroid dienone is 1. The number of nitrogens with one attached hydrogen (secondary N) is 1. The number of para-hydroxylation sites is 3. The first-order chi connectivity index (χ1) is 14.7. The van der Waals surface area contributed by atoms with Crippen LogP contribution in [0.1, 0.15) is 18.4 Å². The summed E-state index contributed by atoms with van der Waals surface area (Å²) in [5.74, 6) is 1.89. The van der Waals surface area contributed by atoms with E-state index in [9.17, 15) is 4.79 Å². The van der Waals surface area contributed by atoms with Gasteiger partial charge in [0.05, 0.1) is 18.1 Å². The average Bonchev–Trinajstić information content (AvgIpc) is 3.16. The van der Waals surface area contributed by atoms with E-state index < -0.39 is 0 Å². The standard InChI is InChI=1S/C24H28N4O2/c1-3-14-28-21-10-6-5-9-20(21)26-24(28)27-15-12-18(13-16-27)23(29)25-17-19-8-4-7-11-22(19)30-2/h3-11,18H,1,12-17H2,2H3,(H,25,29). The quantitative estimate of drug-likeness (QED) is 0.609. The van der Waals surface area contributed by atoms with Crippen LogP contribution in [0.25, 0.3) is 11.0 Å². The first-order valence-electron chi connectivity index (χ1n) is 10.4. The Labute approximate surface area is 177 Å². The smallest absolute Gasteiger partial charge is 0.223 e. The molecule has 1 saturated heterocycles. The summed E-state index contributed by atoms with van der Waals surface area (Å²) in [5.41, 5.74) is 3.10. The summed E-state index contributed by atoms with van der Waals surface area (Å²) in [5, 5.41) is 3.08. The molecule has 30 heavy (non-hydrogen) atoms. The van der Waals surface area contributed by atoms with Crippen LogP contribution in [0, 0.1) is 5.92 Å². The van der Waals surface area contributed by atoms with Gasteiger partial charge in [0, 0.05) is 37.7 Å². The first-order valence-corrected chi connectivity index (χ1v) is 10.4. The zero-order valence-electron chi connectivity index (χ0n) is 17.4. The minimum Gasteiger partial charge on any atom is -0.496 e. The lowest BCUT2D eigenvalue weighted by Gasteiger charge is -2.32. The first kappa shape index (κ1) is 20.0. The minimum absolute atomic E-state index is 0.0215. The molecular weight excluding hydrogens is 376 g/mol. The molecule has 0 unspecified atom stereocenters. The summed E-state index contributed by atoms with van der Waals surface area (Å²) < 4.78 is 7.57. The fourth-order valence-electron chi connectivity index (χ4n) is 4.13. The number of benzene rings is 2. The van der Waals surface area contributed by atoms with Gasteiger partial charge in [-0.3, -0.25) is 4.79 Å². The van der Waals surface area contributed by atoms with E-state index >= 15 is 0 Å². The summed E-state index contributed by atoms with van der Waals surface area (Å²) in [7, 11) is 1.65. The highest BCUT2D eigenvalue weighted by Crippen LogP contribution is 2.27. The van der Waals surface area contributed by atoms with Gasteiger partial charge in [-0.2, -0.15) is 0 Å². The number of imidazole rings is 1. The Balaban J connectivity index is 1.39. The molecule has 2 heterocycles. The molecule has 0 bridgehead atoms. The maximum Gasteiger partial charge on any atom is 0.223 e. The third kappa shape index (κ3) is 4.03. The molecule has 0 spiro atoms. The van der Waals surface area contributed by atoms with E-state index in [0.29, 0.717) is 6.54 Å². The van der Waals surface area contributed by atoms with Gasteiger partial charge in [-0.15, -0.1) is 6.58 Å². The van der Waals surface area contributed by atoms with Gasteiger partial charge >= 0.3 is 0 Å². The molecule has 1 N–H and O–H groups in total. The van der Waals surface area contributed by atoms with Gasteiger partial charge in [0.25, 0.3) is 0 Å². The zero-order chi connectivity index (χ0) is 20.9. The van der Waals surface area contributed by atoms with Crippen molar-refractivity contribution in [2.24, 2.45) is 5.92 Å². The Morgan fingerprint density at radius 1 is 1.20 bits per heavy atom. The van der Waals surface area contributed by atoms with Crippen molar-refractivity contribution in [2.45, 2.75) is 25.9 Å². The summed E-state index contributed by atoms with van der Waals surface area (Å²) in [6.07, 6.45) is 3.53. The van der Waals surface area contributed by atoms with Crippen LogP contribution in [0.15, 0.2) is 61.2 Å². The Morgan fingerprint density at radius 2 is 1.93 bits per heavy atom. The number of fused-ring (bicyclic) bond motifs is 1. The normalized spacial score (nSPS) is 14.6. The van der Waals surface area contributed by atoms with E-state index in [1.807, 2.05) is 48.5 Å².